The number of anilines is 1. The normalized spacial score (nSPS) is 10.3. The van der Waals surface area contributed by atoms with Crippen LogP contribution in [-0.2, 0) is 4.79 Å². The molecule has 0 saturated heterocycles. The summed E-state index contributed by atoms with van der Waals surface area (Å²) in [6, 6.07) is 4.13. The summed E-state index contributed by atoms with van der Waals surface area (Å²) in [4.78, 5) is 24.3. The van der Waals surface area contributed by atoms with Crippen molar-refractivity contribution in [1.29, 1.82) is 0 Å². The number of hydrogen-bond acceptors (Lipinski definition) is 3. The maximum absolute atomic E-state index is 12.2. The van der Waals surface area contributed by atoms with Gasteiger partial charge in [-0.05, 0) is 18.6 Å². The Morgan fingerprint density at radius 1 is 1.32 bits per heavy atom. The summed E-state index contributed by atoms with van der Waals surface area (Å²) in [5, 5.41) is 4.90. The Bertz CT molecular complexity index is 536. The predicted octanol–water partition coefficient (Wildman–Crippen LogP) is 1.85. The molecule has 0 radical (unpaired) electrons. The number of alkyl halides is 2. The summed E-state index contributed by atoms with van der Waals surface area (Å²) < 4.78 is 29.3. The lowest BCUT2D eigenvalue weighted by atomic mass is 10.2. The SMILES string of the molecule is Cc1ccc(NC(=O)NCC(=O)N(C)C)cc1OCC(F)F. The number of nitrogens with one attached hydrogen (secondary N) is 2. The molecule has 0 unspecified atom stereocenters. The topological polar surface area (TPSA) is 70.7 Å². The quantitative estimate of drug-likeness (QED) is 0.841. The number of aryl methyl sites for hydroxylation is 1. The fraction of sp³-hybridized carbons (Fsp3) is 0.429. The third-order valence-corrected chi connectivity index (χ3v) is 2.71. The second-order valence-corrected chi connectivity index (χ2v) is 4.78. The monoisotopic (exact) mass is 315 g/mol. The van der Waals surface area contributed by atoms with Crippen LogP contribution < -0.4 is 15.4 Å². The Morgan fingerprint density at radius 2 is 2.00 bits per heavy atom. The molecule has 0 aliphatic rings. The van der Waals surface area contributed by atoms with E-state index >= 15 is 0 Å². The molecule has 0 aromatic heterocycles. The lowest BCUT2D eigenvalue weighted by Gasteiger charge is -2.13. The molecular formula is C14H19F2N3O3. The molecule has 8 heteroatoms. The maximum atomic E-state index is 12.2. The van der Waals surface area contributed by atoms with Gasteiger partial charge in [-0.2, -0.15) is 0 Å². The van der Waals surface area contributed by atoms with Gasteiger partial charge in [0.15, 0.2) is 0 Å². The van der Waals surface area contributed by atoms with E-state index in [0.717, 1.165) is 0 Å². The van der Waals surface area contributed by atoms with Crippen molar-refractivity contribution in [2.24, 2.45) is 0 Å². The lowest BCUT2D eigenvalue weighted by molar-refractivity contribution is -0.127. The summed E-state index contributed by atoms with van der Waals surface area (Å²) in [5.41, 5.74) is 1.05. The fourth-order valence-corrected chi connectivity index (χ4v) is 1.48. The smallest absolute Gasteiger partial charge is 0.319 e. The molecule has 0 aliphatic heterocycles. The summed E-state index contributed by atoms with van der Waals surface area (Å²) in [7, 11) is 3.16. The van der Waals surface area contributed by atoms with E-state index in [4.69, 9.17) is 4.74 Å². The second kappa shape index (κ2) is 8.16. The van der Waals surface area contributed by atoms with Gasteiger partial charge in [-0.1, -0.05) is 6.07 Å². The fourth-order valence-electron chi connectivity index (χ4n) is 1.48. The van der Waals surface area contributed by atoms with Crippen LogP contribution in [0, 0.1) is 6.92 Å². The van der Waals surface area contributed by atoms with Crippen LogP contribution in [0.15, 0.2) is 18.2 Å². The average Bonchev–Trinajstić information content (AvgIpc) is 2.45. The Kier molecular flexibility index (Phi) is 6.55. The highest BCUT2D eigenvalue weighted by Gasteiger charge is 2.10. The summed E-state index contributed by atoms with van der Waals surface area (Å²) in [6.45, 7) is 0.855. The van der Waals surface area contributed by atoms with Gasteiger partial charge in [0.05, 0.1) is 6.54 Å². The molecule has 0 atom stereocenters. The van der Waals surface area contributed by atoms with Crippen molar-refractivity contribution in [2.75, 3.05) is 32.6 Å². The van der Waals surface area contributed by atoms with Crippen molar-refractivity contribution >= 4 is 17.6 Å². The molecule has 1 aromatic carbocycles. The highest BCUT2D eigenvalue weighted by atomic mass is 19.3. The Morgan fingerprint density at radius 3 is 2.59 bits per heavy atom. The second-order valence-electron chi connectivity index (χ2n) is 4.78. The molecule has 0 heterocycles. The van der Waals surface area contributed by atoms with Crippen LogP contribution >= 0.6 is 0 Å². The molecule has 0 fully saturated rings. The number of amides is 3. The van der Waals surface area contributed by atoms with E-state index in [1.54, 1.807) is 33.2 Å². The zero-order valence-corrected chi connectivity index (χ0v) is 12.7. The lowest BCUT2D eigenvalue weighted by Crippen LogP contribution is -2.38. The molecular weight excluding hydrogens is 296 g/mol. The van der Waals surface area contributed by atoms with E-state index in [2.05, 4.69) is 10.6 Å². The number of nitrogens with zero attached hydrogens (tertiary/aromatic N) is 1. The van der Waals surface area contributed by atoms with Crippen LogP contribution in [0.3, 0.4) is 0 Å². The van der Waals surface area contributed by atoms with Gasteiger partial charge in [0, 0.05) is 25.8 Å². The zero-order chi connectivity index (χ0) is 16.7. The first-order valence-corrected chi connectivity index (χ1v) is 6.56. The number of carbonyl (C=O) groups is 2. The average molecular weight is 315 g/mol. The summed E-state index contributed by atoms with van der Waals surface area (Å²) in [6.07, 6.45) is -2.57. The molecule has 22 heavy (non-hydrogen) atoms. The van der Waals surface area contributed by atoms with Crippen molar-refractivity contribution in [1.82, 2.24) is 10.2 Å². The highest BCUT2D eigenvalue weighted by molar-refractivity contribution is 5.92. The van der Waals surface area contributed by atoms with Crippen LogP contribution in [0.4, 0.5) is 19.3 Å². The minimum atomic E-state index is -2.57. The van der Waals surface area contributed by atoms with E-state index in [9.17, 15) is 18.4 Å². The molecule has 3 amide bonds. The summed E-state index contributed by atoms with van der Waals surface area (Å²) >= 11 is 0. The van der Waals surface area contributed by atoms with Crippen LogP contribution in [0.25, 0.3) is 0 Å². The van der Waals surface area contributed by atoms with Gasteiger partial charge in [-0.3, -0.25) is 4.79 Å². The number of hydrogen-bond donors (Lipinski definition) is 2. The van der Waals surface area contributed by atoms with E-state index in [1.165, 1.54) is 11.0 Å². The highest BCUT2D eigenvalue weighted by Crippen LogP contribution is 2.23. The van der Waals surface area contributed by atoms with Crippen molar-refractivity contribution in [3.63, 3.8) is 0 Å². The molecule has 0 aliphatic carbocycles. The van der Waals surface area contributed by atoms with E-state index < -0.39 is 19.1 Å². The molecule has 1 aromatic rings. The number of likely N-dealkylation sites (N-methyl/N-ethyl adjacent to an activating group) is 1. The van der Waals surface area contributed by atoms with Crippen LogP contribution in [0.2, 0.25) is 0 Å². The van der Waals surface area contributed by atoms with Crippen molar-refractivity contribution in [3.05, 3.63) is 23.8 Å². The number of ether oxygens (including phenoxy) is 1. The Hall–Kier alpha value is -2.38. The number of benzene rings is 1. The Balaban J connectivity index is 2.60. The first-order chi connectivity index (χ1) is 10.3. The summed E-state index contributed by atoms with van der Waals surface area (Å²) in [5.74, 6) is 0.0162. The van der Waals surface area contributed by atoms with E-state index in [-0.39, 0.29) is 18.2 Å². The largest absolute Gasteiger partial charge is 0.487 e. The number of rotatable bonds is 6. The predicted molar refractivity (Wildman–Crippen MR) is 78.4 cm³/mol. The minimum absolute atomic E-state index is 0.139. The van der Waals surface area contributed by atoms with Crippen molar-refractivity contribution < 1.29 is 23.1 Å². The molecule has 122 valence electrons. The first kappa shape index (κ1) is 17.7. The molecule has 0 saturated carbocycles. The first-order valence-electron chi connectivity index (χ1n) is 6.56. The molecule has 2 N–H and O–H groups in total. The molecule has 0 spiro atoms. The van der Waals surface area contributed by atoms with Crippen LogP contribution in [-0.4, -0.2) is 50.5 Å². The maximum Gasteiger partial charge on any atom is 0.319 e. The zero-order valence-electron chi connectivity index (χ0n) is 12.7. The van der Waals surface area contributed by atoms with Gasteiger partial charge < -0.3 is 20.3 Å². The number of urea groups is 1. The third kappa shape index (κ3) is 5.94. The van der Waals surface area contributed by atoms with Gasteiger partial charge >= 0.3 is 6.03 Å². The number of halogens is 2. The molecule has 0 bridgehead atoms. The van der Waals surface area contributed by atoms with Crippen molar-refractivity contribution in [2.45, 2.75) is 13.3 Å². The van der Waals surface area contributed by atoms with Gasteiger partial charge in [-0.15, -0.1) is 0 Å². The van der Waals surface area contributed by atoms with E-state index in [0.29, 0.717) is 11.3 Å². The van der Waals surface area contributed by atoms with Gasteiger partial charge in [0.2, 0.25) is 5.91 Å². The van der Waals surface area contributed by atoms with Crippen LogP contribution in [0.5, 0.6) is 5.75 Å². The van der Waals surface area contributed by atoms with Gasteiger partial charge in [-0.25, -0.2) is 13.6 Å². The Labute approximate surface area is 127 Å². The third-order valence-electron chi connectivity index (χ3n) is 2.71. The van der Waals surface area contributed by atoms with Gasteiger partial charge in [0.1, 0.15) is 12.4 Å². The minimum Gasteiger partial charge on any atom is -0.487 e. The number of carbonyl (C=O) groups excluding carboxylic acids is 2. The molecule has 1 rings (SSSR count). The van der Waals surface area contributed by atoms with Crippen molar-refractivity contribution in [3.8, 4) is 5.75 Å². The van der Waals surface area contributed by atoms with Crippen LogP contribution in [0.1, 0.15) is 5.56 Å². The molecule has 6 nitrogen and oxygen atoms in total. The van der Waals surface area contributed by atoms with Gasteiger partial charge in [0.25, 0.3) is 6.43 Å². The standard InChI is InChI=1S/C14H19F2N3O3/c1-9-4-5-10(6-11(9)22-8-12(15)16)18-14(21)17-7-13(20)19(2)3/h4-6,12H,7-8H2,1-3H3,(H2,17,18,21). The van der Waals surface area contributed by atoms with E-state index in [1.807, 2.05) is 0 Å².